The standard InChI is InChI=1S/C21H21N5O2/c1-13-6-4-8-16(10-13)23-20-24-19(15-7-5-9-17(12-15)28-3)26-18(27)11-14(2)22-21(26)25-20/h4-12,19H,1-3H3,(H2,22,23,24,25)/t19-/m0/s1. The van der Waals surface area contributed by atoms with Crippen molar-refractivity contribution in [1.29, 1.82) is 0 Å². The van der Waals surface area contributed by atoms with E-state index in [0.717, 1.165) is 16.8 Å². The van der Waals surface area contributed by atoms with Gasteiger partial charge in [0.15, 0.2) is 6.17 Å². The van der Waals surface area contributed by atoms with Gasteiger partial charge in [-0.2, -0.15) is 0 Å². The van der Waals surface area contributed by atoms with E-state index in [1.165, 1.54) is 6.07 Å². The summed E-state index contributed by atoms with van der Waals surface area (Å²) < 4.78 is 6.88. The highest BCUT2D eigenvalue weighted by Crippen LogP contribution is 2.28. The molecule has 2 heterocycles. The second-order valence-corrected chi connectivity index (χ2v) is 6.68. The number of nitrogens with zero attached hydrogens (tertiary/aromatic N) is 3. The Morgan fingerprint density at radius 1 is 1.11 bits per heavy atom. The highest BCUT2D eigenvalue weighted by molar-refractivity contribution is 6.03. The van der Waals surface area contributed by atoms with Gasteiger partial charge in [-0.25, -0.2) is 9.98 Å². The number of hydrogen-bond acceptors (Lipinski definition) is 6. The molecule has 0 unspecified atom stereocenters. The fourth-order valence-electron chi connectivity index (χ4n) is 3.20. The first kappa shape index (κ1) is 17.8. The fourth-order valence-corrected chi connectivity index (χ4v) is 3.20. The minimum Gasteiger partial charge on any atom is -0.497 e. The lowest BCUT2D eigenvalue weighted by Gasteiger charge is -2.27. The predicted molar refractivity (Wildman–Crippen MR) is 110 cm³/mol. The van der Waals surface area contributed by atoms with Crippen LogP contribution in [0.3, 0.4) is 0 Å². The molecule has 0 amide bonds. The van der Waals surface area contributed by atoms with Crippen LogP contribution in [0.4, 0.5) is 11.6 Å². The minimum atomic E-state index is -0.556. The molecular formula is C21H21N5O2. The number of aliphatic imine (C=N–C) groups is 1. The maximum Gasteiger partial charge on any atom is 0.257 e. The average molecular weight is 375 g/mol. The van der Waals surface area contributed by atoms with Crippen LogP contribution in [0.25, 0.3) is 0 Å². The first-order valence-corrected chi connectivity index (χ1v) is 8.96. The Kier molecular flexibility index (Phi) is 4.57. The number of hydrogen-bond donors (Lipinski definition) is 2. The molecular weight excluding hydrogens is 354 g/mol. The summed E-state index contributed by atoms with van der Waals surface area (Å²) in [7, 11) is 1.61. The zero-order valence-corrected chi connectivity index (χ0v) is 15.9. The molecule has 0 radical (unpaired) electrons. The summed E-state index contributed by atoms with van der Waals surface area (Å²) in [6.07, 6.45) is -0.556. The highest BCUT2D eigenvalue weighted by atomic mass is 16.5. The Balaban J connectivity index is 1.81. The van der Waals surface area contributed by atoms with E-state index in [-0.39, 0.29) is 5.56 Å². The van der Waals surface area contributed by atoms with Crippen LogP contribution in [0, 0.1) is 13.8 Å². The van der Waals surface area contributed by atoms with Gasteiger partial charge in [0.1, 0.15) is 5.75 Å². The quantitative estimate of drug-likeness (QED) is 0.734. The molecule has 0 aliphatic carbocycles. The van der Waals surface area contributed by atoms with Crippen LogP contribution in [0.15, 0.2) is 64.4 Å². The maximum atomic E-state index is 12.7. The van der Waals surface area contributed by atoms with Crippen molar-refractivity contribution in [2.45, 2.75) is 20.0 Å². The molecule has 0 fully saturated rings. The number of anilines is 2. The molecule has 0 bridgehead atoms. The molecule has 0 saturated heterocycles. The minimum absolute atomic E-state index is 0.166. The summed E-state index contributed by atoms with van der Waals surface area (Å²) in [5.41, 5.74) is 3.35. The molecule has 2 aromatic carbocycles. The van der Waals surface area contributed by atoms with Crippen molar-refractivity contribution in [2.75, 3.05) is 17.7 Å². The van der Waals surface area contributed by atoms with Crippen LogP contribution in [0.5, 0.6) is 5.75 Å². The third-order valence-electron chi connectivity index (χ3n) is 4.48. The summed E-state index contributed by atoms with van der Waals surface area (Å²) >= 11 is 0. The molecule has 0 spiro atoms. The van der Waals surface area contributed by atoms with Crippen molar-refractivity contribution in [3.05, 3.63) is 81.8 Å². The van der Waals surface area contributed by atoms with Crippen LogP contribution in [-0.2, 0) is 0 Å². The van der Waals surface area contributed by atoms with E-state index in [0.29, 0.717) is 23.4 Å². The largest absolute Gasteiger partial charge is 0.497 e. The number of fused-ring (bicyclic) bond motifs is 1. The Morgan fingerprint density at radius 3 is 2.71 bits per heavy atom. The summed E-state index contributed by atoms with van der Waals surface area (Å²) in [4.78, 5) is 21.9. The SMILES string of the molecule is COc1cccc([C@H]2N=C(Nc3cccc(C)c3)Nc3nc(C)cc(=O)n32)c1. The molecule has 1 aliphatic rings. The molecule has 1 aromatic heterocycles. The first-order valence-electron chi connectivity index (χ1n) is 8.96. The van der Waals surface area contributed by atoms with E-state index in [9.17, 15) is 4.79 Å². The van der Waals surface area contributed by atoms with Crippen LogP contribution in [-0.4, -0.2) is 22.6 Å². The number of nitrogens with one attached hydrogen (secondary N) is 2. The summed E-state index contributed by atoms with van der Waals surface area (Å²) in [6.45, 7) is 3.82. The van der Waals surface area contributed by atoms with Gasteiger partial charge < -0.3 is 10.1 Å². The van der Waals surface area contributed by atoms with Gasteiger partial charge in [-0.15, -0.1) is 0 Å². The number of aryl methyl sites for hydroxylation is 2. The Hall–Kier alpha value is -3.61. The van der Waals surface area contributed by atoms with E-state index < -0.39 is 6.17 Å². The van der Waals surface area contributed by atoms with Crippen molar-refractivity contribution in [3.63, 3.8) is 0 Å². The third kappa shape index (κ3) is 3.46. The zero-order chi connectivity index (χ0) is 19.7. The van der Waals surface area contributed by atoms with Gasteiger partial charge in [0.25, 0.3) is 5.56 Å². The second-order valence-electron chi connectivity index (χ2n) is 6.68. The van der Waals surface area contributed by atoms with Crippen molar-refractivity contribution in [2.24, 2.45) is 4.99 Å². The lowest BCUT2D eigenvalue weighted by atomic mass is 10.1. The van der Waals surface area contributed by atoms with E-state index >= 15 is 0 Å². The number of benzene rings is 2. The lowest BCUT2D eigenvalue weighted by Crippen LogP contribution is -2.37. The van der Waals surface area contributed by atoms with Gasteiger partial charge >= 0.3 is 0 Å². The van der Waals surface area contributed by atoms with Gasteiger partial charge in [0.2, 0.25) is 11.9 Å². The van der Waals surface area contributed by atoms with Crippen molar-refractivity contribution < 1.29 is 4.74 Å². The van der Waals surface area contributed by atoms with E-state index in [2.05, 4.69) is 15.6 Å². The molecule has 7 heteroatoms. The summed E-state index contributed by atoms with van der Waals surface area (Å²) in [5.74, 6) is 1.67. The van der Waals surface area contributed by atoms with Crippen molar-refractivity contribution in [1.82, 2.24) is 9.55 Å². The van der Waals surface area contributed by atoms with Crippen LogP contribution < -0.4 is 20.9 Å². The number of rotatable bonds is 3. The van der Waals surface area contributed by atoms with Crippen LogP contribution in [0.1, 0.15) is 23.0 Å². The molecule has 1 aliphatic heterocycles. The lowest BCUT2D eigenvalue weighted by molar-refractivity contribution is 0.413. The Bertz CT molecular complexity index is 1120. The Labute approximate surface area is 162 Å². The van der Waals surface area contributed by atoms with Gasteiger partial charge in [0.05, 0.1) is 7.11 Å². The van der Waals surface area contributed by atoms with Crippen molar-refractivity contribution in [3.8, 4) is 5.75 Å². The Morgan fingerprint density at radius 2 is 1.93 bits per heavy atom. The fraction of sp³-hybridized carbons (Fsp3) is 0.190. The van der Waals surface area contributed by atoms with E-state index in [4.69, 9.17) is 9.73 Å². The van der Waals surface area contributed by atoms with Gasteiger partial charge in [-0.3, -0.25) is 14.7 Å². The summed E-state index contributed by atoms with van der Waals surface area (Å²) in [6, 6.07) is 17.0. The number of aromatic nitrogens is 2. The van der Waals surface area contributed by atoms with E-state index in [1.807, 2.05) is 55.5 Å². The molecule has 3 aromatic rings. The molecule has 28 heavy (non-hydrogen) atoms. The van der Waals surface area contributed by atoms with Gasteiger partial charge in [0, 0.05) is 23.0 Å². The topological polar surface area (TPSA) is 80.5 Å². The average Bonchev–Trinajstić information content (AvgIpc) is 2.67. The monoisotopic (exact) mass is 375 g/mol. The molecule has 1 atom stereocenters. The molecule has 142 valence electrons. The number of methoxy groups -OCH3 is 1. The molecule has 7 nitrogen and oxygen atoms in total. The molecule has 4 rings (SSSR count). The van der Waals surface area contributed by atoms with Crippen LogP contribution >= 0.6 is 0 Å². The van der Waals surface area contributed by atoms with Crippen molar-refractivity contribution >= 4 is 17.6 Å². The predicted octanol–water partition coefficient (Wildman–Crippen LogP) is 3.31. The second kappa shape index (κ2) is 7.19. The number of guanidine groups is 1. The number of ether oxygens (including phenoxy) is 1. The summed E-state index contributed by atoms with van der Waals surface area (Å²) in [5, 5.41) is 6.42. The maximum absolute atomic E-state index is 12.7. The van der Waals surface area contributed by atoms with Crippen LogP contribution in [0.2, 0.25) is 0 Å². The van der Waals surface area contributed by atoms with Gasteiger partial charge in [-0.05, 0) is 43.7 Å². The van der Waals surface area contributed by atoms with Gasteiger partial charge in [-0.1, -0.05) is 24.3 Å². The normalized spacial score (nSPS) is 15.2. The molecule has 0 saturated carbocycles. The first-order chi connectivity index (χ1) is 13.5. The highest BCUT2D eigenvalue weighted by Gasteiger charge is 2.25. The molecule has 2 N–H and O–H groups in total. The zero-order valence-electron chi connectivity index (χ0n) is 15.9. The third-order valence-corrected chi connectivity index (χ3v) is 4.48. The van der Waals surface area contributed by atoms with E-state index in [1.54, 1.807) is 18.6 Å². The smallest absolute Gasteiger partial charge is 0.257 e.